The molecule has 0 fully saturated rings. The maximum Gasteiger partial charge on any atom is 0.263 e. The molecule has 0 radical (unpaired) electrons. The maximum absolute atomic E-state index is 11.4. The van der Waals surface area contributed by atoms with Crippen molar-refractivity contribution in [2.24, 2.45) is 0 Å². The maximum atomic E-state index is 11.4. The van der Waals surface area contributed by atoms with Gasteiger partial charge in [0, 0.05) is 6.07 Å². The van der Waals surface area contributed by atoms with Crippen LogP contribution in [-0.2, 0) is 4.79 Å². The number of aldehydes is 1. The molecule has 0 atom stereocenters. The molecule has 2 aromatic heterocycles. The number of nitrogen functional groups attached to an aromatic ring is 1. The highest BCUT2D eigenvalue weighted by Gasteiger charge is 2.19. The molecule has 2 heterocycles. The molecule has 2 aromatic rings. The third-order valence-corrected chi connectivity index (χ3v) is 3.35. The number of hydrogen-bond acceptors (Lipinski definition) is 9. The van der Waals surface area contributed by atoms with Crippen molar-refractivity contribution in [1.29, 1.82) is 0 Å². The van der Waals surface area contributed by atoms with Gasteiger partial charge in [-0.2, -0.15) is 0 Å². The van der Waals surface area contributed by atoms with Crippen molar-refractivity contribution in [2.75, 3.05) is 17.2 Å². The Labute approximate surface area is 123 Å². The molecule has 0 saturated heterocycles. The number of aryl methyl sites for hydroxylation is 1. The summed E-state index contributed by atoms with van der Waals surface area (Å²) in [4.78, 5) is 36.2. The highest BCUT2D eigenvalue weighted by atomic mass is 32.1. The lowest BCUT2D eigenvalue weighted by atomic mass is 10.4. The smallest absolute Gasteiger partial charge is 0.263 e. The summed E-state index contributed by atoms with van der Waals surface area (Å²) in [5.41, 5.74) is 7.21. The Balaban J connectivity index is 2.43. The fourth-order valence-electron chi connectivity index (χ4n) is 1.59. The molecular weight excluding hydrogens is 296 g/mol. The van der Waals surface area contributed by atoms with Crippen molar-refractivity contribution in [3.8, 4) is 0 Å². The first-order valence-corrected chi connectivity index (χ1v) is 6.57. The van der Waals surface area contributed by atoms with E-state index in [0.717, 1.165) is 11.3 Å². The zero-order chi connectivity index (χ0) is 15.4. The summed E-state index contributed by atoms with van der Waals surface area (Å²) in [7, 11) is 0. The Morgan fingerprint density at radius 1 is 1.57 bits per heavy atom. The molecule has 21 heavy (non-hydrogen) atoms. The van der Waals surface area contributed by atoms with Crippen LogP contribution < -0.4 is 16.1 Å². The summed E-state index contributed by atoms with van der Waals surface area (Å²) < 4.78 is 0. The van der Waals surface area contributed by atoms with E-state index in [2.05, 4.69) is 15.0 Å². The van der Waals surface area contributed by atoms with Crippen LogP contribution in [-0.4, -0.2) is 38.9 Å². The van der Waals surface area contributed by atoms with Gasteiger partial charge in [0.15, 0.2) is 11.4 Å². The zero-order valence-corrected chi connectivity index (χ0v) is 11.8. The number of hydrogen-bond donors (Lipinski definition) is 3. The normalized spacial score (nSPS) is 10.2. The molecule has 9 nitrogen and oxygen atoms in total. The van der Waals surface area contributed by atoms with Gasteiger partial charge in [0.2, 0.25) is 0 Å². The minimum Gasteiger partial charge on any atom is -0.384 e. The zero-order valence-electron chi connectivity index (χ0n) is 11.0. The van der Waals surface area contributed by atoms with E-state index in [-0.39, 0.29) is 12.4 Å². The molecule has 10 heteroatoms. The number of rotatable bonds is 5. The number of aromatic nitrogens is 3. The molecule has 2 rings (SSSR count). The fraction of sp³-hybridized carbons (Fsp3) is 0.182. The minimum absolute atomic E-state index is 0.235. The summed E-state index contributed by atoms with van der Waals surface area (Å²) in [6.07, 6.45) is 2.04. The molecular formula is C11H12N6O3S. The van der Waals surface area contributed by atoms with E-state index in [1.54, 1.807) is 6.92 Å². The highest BCUT2D eigenvalue weighted by Crippen LogP contribution is 2.28. The number of nitrogens with zero attached hydrogens (tertiary/aromatic N) is 4. The largest absolute Gasteiger partial charge is 0.384 e. The van der Waals surface area contributed by atoms with Gasteiger partial charge in [-0.05, 0) is 6.92 Å². The molecule has 4 N–H and O–H groups in total. The van der Waals surface area contributed by atoms with Gasteiger partial charge in [0.25, 0.3) is 5.91 Å². The number of anilines is 3. The quantitative estimate of drug-likeness (QED) is 0.407. The molecule has 0 bridgehead atoms. The van der Waals surface area contributed by atoms with Crippen LogP contribution in [0.15, 0.2) is 12.3 Å². The van der Waals surface area contributed by atoms with Crippen LogP contribution in [0.4, 0.5) is 16.8 Å². The van der Waals surface area contributed by atoms with E-state index < -0.39 is 5.91 Å². The van der Waals surface area contributed by atoms with Crippen LogP contribution in [0.25, 0.3) is 0 Å². The Kier molecular flexibility index (Phi) is 4.40. The first-order chi connectivity index (χ1) is 10.0. The number of carbonyl (C=O) groups excluding carboxylic acids is 2. The summed E-state index contributed by atoms with van der Waals surface area (Å²) in [5.74, 6) is 0.341. The minimum atomic E-state index is -0.660. The Morgan fingerprint density at radius 3 is 2.90 bits per heavy atom. The second-order valence-corrected chi connectivity index (χ2v) is 5.02. The number of hydroxylamine groups is 1. The Bertz CT molecular complexity index is 653. The number of thiazole rings is 1. The van der Waals surface area contributed by atoms with Gasteiger partial charge in [0.1, 0.15) is 24.0 Å². The van der Waals surface area contributed by atoms with Crippen LogP contribution in [0.2, 0.25) is 0 Å². The number of nitrogens with two attached hydrogens (primary N) is 1. The van der Waals surface area contributed by atoms with E-state index in [1.807, 2.05) is 0 Å². The summed E-state index contributed by atoms with van der Waals surface area (Å²) in [5, 5.41) is 9.05. The molecule has 0 aliphatic carbocycles. The molecule has 110 valence electrons. The third-order valence-electron chi connectivity index (χ3n) is 2.41. The van der Waals surface area contributed by atoms with Gasteiger partial charge in [0.05, 0.1) is 11.1 Å². The first-order valence-electron chi connectivity index (χ1n) is 5.76. The van der Waals surface area contributed by atoms with Crippen LogP contribution in [0.1, 0.15) is 15.5 Å². The van der Waals surface area contributed by atoms with Crippen LogP contribution in [0.3, 0.4) is 0 Å². The van der Waals surface area contributed by atoms with Crippen molar-refractivity contribution in [1.82, 2.24) is 20.4 Å². The second-order valence-electron chi connectivity index (χ2n) is 3.98. The lowest BCUT2D eigenvalue weighted by molar-refractivity contribution is -0.127. The second kappa shape index (κ2) is 6.24. The highest BCUT2D eigenvalue weighted by molar-refractivity contribution is 7.17. The SMILES string of the molecule is Cc1nc(N)cc(N(CC(=O)NO)c2ncc(C=O)s2)n1. The van der Waals surface area contributed by atoms with E-state index in [0.29, 0.717) is 27.9 Å². The van der Waals surface area contributed by atoms with Crippen LogP contribution >= 0.6 is 11.3 Å². The standard InChI is InChI=1S/C11H12N6O3S/c1-6-14-8(12)2-9(15-6)17(4-10(19)16-20)11-13-3-7(5-18)21-11/h2-3,5,20H,4H2,1H3,(H,16,19)(H2,12,14,15). The van der Waals surface area contributed by atoms with Gasteiger partial charge in [-0.25, -0.2) is 20.4 Å². The van der Waals surface area contributed by atoms with Crippen molar-refractivity contribution in [3.63, 3.8) is 0 Å². The number of amides is 1. The van der Waals surface area contributed by atoms with Gasteiger partial charge < -0.3 is 5.73 Å². The number of carbonyl (C=O) groups is 2. The van der Waals surface area contributed by atoms with Crippen LogP contribution in [0, 0.1) is 6.92 Å². The summed E-state index contributed by atoms with van der Waals surface area (Å²) in [6, 6.07) is 1.47. The van der Waals surface area contributed by atoms with Crippen molar-refractivity contribution < 1.29 is 14.8 Å². The Hall–Kier alpha value is -2.59. The molecule has 1 amide bonds. The van der Waals surface area contributed by atoms with Gasteiger partial charge in [-0.15, -0.1) is 0 Å². The van der Waals surface area contributed by atoms with E-state index >= 15 is 0 Å². The van der Waals surface area contributed by atoms with Gasteiger partial charge >= 0.3 is 0 Å². The average molecular weight is 308 g/mol. The number of nitrogens with one attached hydrogen (secondary N) is 1. The molecule has 0 aliphatic heterocycles. The Morgan fingerprint density at radius 2 is 2.33 bits per heavy atom. The van der Waals surface area contributed by atoms with E-state index in [1.165, 1.54) is 22.6 Å². The third kappa shape index (κ3) is 3.49. The lowest BCUT2D eigenvalue weighted by Gasteiger charge is -2.20. The summed E-state index contributed by atoms with van der Waals surface area (Å²) >= 11 is 1.08. The molecule has 0 saturated carbocycles. The predicted molar refractivity (Wildman–Crippen MR) is 75.6 cm³/mol. The molecule has 0 unspecified atom stereocenters. The predicted octanol–water partition coefficient (Wildman–Crippen LogP) is 0.280. The lowest BCUT2D eigenvalue weighted by Crippen LogP contribution is -2.33. The van der Waals surface area contributed by atoms with Gasteiger partial charge in [-0.1, -0.05) is 11.3 Å². The monoisotopic (exact) mass is 308 g/mol. The molecule has 0 aliphatic rings. The summed E-state index contributed by atoms with van der Waals surface area (Å²) in [6.45, 7) is 1.42. The van der Waals surface area contributed by atoms with E-state index in [4.69, 9.17) is 10.9 Å². The van der Waals surface area contributed by atoms with Crippen molar-refractivity contribution in [3.05, 3.63) is 23.0 Å². The van der Waals surface area contributed by atoms with Crippen molar-refractivity contribution >= 4 is 40.3 Å². The van der Waals surface area contributed by atoms with Crippen LogP contribution in [0.5, 0.6) is 0 Å². The van der Waals surface area contributed by atoms with Crippen molar-refractivity contribution in [2.45, 2.75) is 6.92 Å². The van der Waals surface area contributed by atoms with E-state index in [9.17, 15) is 9.59 Å². The molecule has 0 aromatic carbocycles. The van der Waals surface area contributed by atoms with Gasteiger partial charge in [-0.3, -0.25) is 19.7 Å². The molecule has 0 spiro atoms. The fourth-order valence-corrected chi connectivity index (χ4v) is 2.33. The first kappa shape index (κ1) is 14.8. The topological polar surface area (TPSA) is 134 Å². The average Bonchev–Trinajstić information content (AvgIpc) is 2.91.